The first-order chi connectivity index (χ1) is 18.0. The highest BCUT2D eigenvalue weighted by molar-refractivity contribution is 6.05. The average Bonchev–Trinajstić information content (AvgIpc) is 3.38. The Kier molecular flexibility index (Phi) is 5.71. The van der Waals surface area contributed by atoms with Gasteiger partial charge in [0.1, 0.15) is 5.75 Å². The van der Waals surface area contributed by atoms with E-state index in [0.717, 1.165) is 12.1 Å². The molecule has 2 bridgehead atoms. The normalized spacial score (nSPS) is 19.1. The number of anilines is 2. The highest BCUT2D eigenvalue weighted by Crippen LogP contribution is 2.39. The third kappa shape index (κ3) is 4.35. The number of urea groups is 1. The van der Waals surface area contributed by atoms with Crippen molar-refractivity contribution in [2.24, 2.45) is 5.92 Å². The number of carbonyl (C=O) groups excluding carboxylic acids is 2. The SMILES string of the molecule is COc1ccc(NC(=O)N2C[C@@H]3C[C@H](C2)c2c(NC(=O)c4ccc5c(c4)OCO5)ccc(=O)n2C3)cc1. The standard InChI is InChI=1S/C27H26N4O6/c1-35-20-5-3-19(4-6-20)28-27(34)30-12-16-10-18(14-30)25-21(7-9-24(32)31(25)13-16)29-26(33)17-2-8-22-23(11-17)37-15-36-22/h2-9,11,16,18H,10,12-15H2,1H3,(H,28,34)(H,29,33)/t16-,18+/m0/s1. The summed E-state index contributed by atoms with van der Waals surface area (Å²) in [6.45, 7) is 1.61. The Morgan fingerprint density at radius 3 is 2.57 bits per heavy atom. The Bertz CT molecular complexity index is 1430. The first-order valence-electron chi connectivity index (χ1n) is 12.1. The molecule has 0 saturated carbocycles. The predicted octanol–water partition coefficient (Wildman–Crippen LogP) is 3.49. The summed E-state index contributed by atoms with van der Waals surface area (Å²) in [6, 6.07) is 15.1. The molecule has 37 heavy (non-hydrogen) atoms. The molecule has 2 aromatic carbocycles. The molecule has 3 amide bonds. The zero-order chi connectivity index (χ0) is 25.5. The topological polar surface area (TPSA) is 111 Å². The number of hydrogen-bond donors (Lipinski definition) is 2. The number of amides is 3. The maximum Gasteiger partial charge on any atom is 0.321 e. The molecule has 2 atom stereocenters. The van der Waals surface area contributed by atoms with Gasteiger partial charge in [0.05, 0.1) is 12.8 Å². The molecule has 0 unspecified atom stereocenters. The minimum Gasteiger partial charge on any atom is -0.497 e. The van der Waals surface area contributed by atoms with Crippen LogP contribution in [0, 0.1) is 5.92 Å². The van der Waals surface area contributed by atoms with E-state index in [1.54, 1.807) is 65.1 Å². The van der Waals surface area contributed by atoms with Crippen LogP contribution >= 0.6 is 0 Å². The summed E-state index contributed by atoms with van der Waals surface area (Å²) in [5.41, 5.74) is 2.31. The molecule has 6 rings (SSSR count). The molecular formula is C27H26N4O6. The van der Waals surface area contributed by atoms with Crippen LogP contribution in [0.2, 0.25) is 0 Å². The van der Waals surface area contributed by atoms with Crippen molar-refractivity contribution < 1.29 is 23.8 Å². The minimum absolute atomic E-state index is 0.0879. The van der Waals surface area contributed by atoms with Crippen molar-refractivity contribution in [3.8, 4) is 17.2 Å². The Morgan fingerprint density at radius 2 is 1.76 bits per heavy atom. The lowest BCUT2D eigenvalue weighted by Crippen LogP contribution is -2.50. The quantitative estimate of drug-likeness (QED) is 0.565. The van der Waals surface area contributed by atoms with E-state index in [0.29, 0.717) is 53.8 Å². The number of carbonyl (C=O) groups is 2. The Balaban J connectivity index is 1.23. The number of methoxy groups -OCH3 is 1. The highest BCUT2D eigenvalue weighted by Gasteiger charge is 2.38. The van der Waals surface area contributed by atoms with Crippen molar-refractivity contribution in [3.05, 3.63) is 76.2 Å². The number of hydrogen-bond acceptors (Lipinski definition) is 6. The smallest absolute Gasteiger partial charge is 0.321 e. The van der Waals surface area contributed by atoms with E-state index in [1.807, 2.05) is 0 Å². The number of piperidine rings is 1. The van der Waals surface area contributed by atoms with Gasteiger partial charge in [-0.05, 0) is 60.9 Å². The Hall–Kier alpha value is -4.47. The van der Waals surface area contributed by atoms with Crippen LogP contribution in [0.15, 0.2) is 59.4 Å². The van der Waals surface area contributed by atoms with E-state index in [2.05, 4.69) is 10.6 Å². The van der Waals surface area contributed by atoms with Crippen molar-refractivity contribution in [3.63, 3.8) is 0 Å². The lowest BCUT2D eigenvalue weighted by molar-refractivity contribution is 0.102. The molecule has 10 nitrogen and oxygen atoms in total. The Labute approximate surface area is 212 Å². The largest absolute Gasteiger partial charge is 0.497 e. The molecule has 2 N–H and O–H groups in total. The van der Waals surface area contributed by atoms with Crippen LogP contribution in [0.25, 0.3) is 0 Å². The fourth-order valence-corrected chi connectivity index (χ4v) is 5.40. The zero-order valence-corrected chi connectivity index (χ0v) is 20.2. The van der Waals surface area contributed by atoms with Gasteiger partial charge in [-0.15, -0.1) is 0 Å². The molecule has 3 aliphatic heterocycles. The lowest BCUT2D eigenvalue weighted by atomic mass is 9.82. The van der Waals surface area contributed by atoms with Crippen LogP contribution in [0.4, 0.5) is 16.2 Å². The number of pyridine rings is 1. The molecule has 1 aromatic heterocycles. The summed E-state index contributed by atoms with van der Waals surface area (Å²) in [7, 11) is 1.59. The Morgan fingerprint density at radius 1 is 0.946 bits per heavy atom. The van der Waals surface area contributed by atoms with Gasteiger partial charge in [-0.25, -0.2) is 4.79 Å². The maximum atomic E-state index is 13.1. The molecule has 190 valence electrons. The van der Waals surface area contributed by atoms with Gasteiger partial charge in [0, 0.05) is 48.6 Å². The molecule has 1 saturated heterocycles. The van der Waals surface area contributed by atoms with E-state index in [4.69, 9.17) is 14.2 Å². The molecule has 0 radical (unpaired) electrons. The van der Waals surface area contributed by atoms with Gasteiger partial charge in [-0.2, -0.15) is 0 Å². The first-order valence-corrected chi connectivity index (χ1v) is 12.1. The fourth-order valence-electron chi connectivity index (χ4n) is 5.40. The van der Waals surface area contributed by atoms with Crippen LogP contribution in [0.5, 0.6) is 17.2 Å². The van der Waals surface area contributed by atoms with Gasteiger partial charge in [0.2, 0.25) is 6.79 Å². The second-order valence-electron chi connectivity index (χ2n) is 9.47. The summed E-state index contributed by atoms with van der Waals surface area (Å²) >= 11 is 0. The molecular weight excluding hydrogens is 476 g/mol. The van der Waals surface area contributed by atoms with Crippen molar-refractivity contribution in [2.45, 2.75) is 18.9 Å². The van der Waals surface area contributed by atoms with Crippen LogP contribution in [0.3, 0.4) is 0 Å². The van der Waals surface area contributed by atoms with Gasteiger partial charge >= 0.3 is 6.03 Å². The third-order valence-corrected chi connectivity index (χ3v) is 7.10. The third-order valence-electron chi connectivity index (χ3n) is 7.10. The van der Waals surface area contributed by atoms with E-state index >= 15 is 0 Å². The summed E-state index contributed by atoms with van der Waals surface area (Å²) in [4.78, 5) is 40.7. The van der Waals surface area contributed by atoms with Gasteiger partial charge in [0.25, 0.3) is 11.5 Å². The summed E-state index contributed by atoms with van der Waals surface area (Å²) in [5, 5.41) is 5.92. The lowest BCUT2D eigenvalue weighted by Gasteiger charge is -2.43. The number of ether oxygens (including phenoxy) is 3. The average molecular weight is 503 g/mol. The van der Waals surface area contributed by atoms with E-state index in [-0.39, 0.29) is 36.1 Å². The maximum absolute atomic E-state index is 13.1. The fraction of sp³-hybridized carbons (Fsp3) is 0.296. The van der Waals surface area contributed by atoms with Gasteiger partial charge in [0.15, 0.2) is 11.5 Å². The molecule has 1 fully saturated rings. The van der Waals surface area contributed by atoms with Crippen LogP contribution < -0.4 is 30.4 Å². The summed E-state index contributed by atoms with van der Waals surface area (Å²) in [6.07, 6.45) is 0.836. The first kappa shape index (κ1) is 23.0. The highest BCUT2D eigenvalue weighted by atomic mass is 16.7. The number of likely N-dealkylation sites (tertiary alicyclic amines) is 1. The number of benzene rings is 2. The van der Waals surface area contributed by atoms with Crippen LogP contribution in [-0.4, -0.2) is 48.4 Å². The van der Waals surface area contributed by atoms with Crippen LogP contribution in [0.1, 0.15) is 28.4 Å². The summed E-state index contributed by atoms with van der Waals surface area (Å²) < 4.78 is 17.6. The summed E-state index contributed by atoms with van der Waals surface area (Å²) in [5.74, 6) is 1.57. The zero-order valence-electron chi connectivity index (χ0n) is 20.2. The predicted molar refractivity (Wildman–Crippen MR) is 136 cm³/mol. The second-order valence-corrected chi connectivity index (χ2v) is 9.47. The van der Waals surface area contributed by atoms with Crippen molar-refractivity contribution in [1.29, 1.82) is 0 Å². The number of aromatic nitrogens is 1. The second kappa shape index (κ2) is 9.20. The van der Waals surface area contributed by atoms with E-state index < -0.39 is 0 Å². The number of nitrogens with one attached hydrogen (secondary N) is 2. The van der Waals surface area contributed by atoms with Crippen LogP contribution in [-0.2, 0) is 6.54 Å². The molecule has 4 heterocycles. The minimum atomic E-state index is -0.313. The molecule has 0 aliphatic carbocycles. The number of fused-ring (bicyclic) bond motifs is 5. The number of nitrogens with zero attached hydrogens (tertiary/aromatic N) is 2. The molecule has 3 aromatic rings. The van der Waals surface area contributed by atoms with E-state index in [9.17, 15) is 14.4 Å². The number of rotatable bonds is 4. The van der Waals surface area contributed by atoms with Crippen molar-refractivity contribution in [2.75, 3.05) is 37.6 Å². The van der Waals surface area contributed by atoms with Crippen molar-refractivity contribution >= 4 is 23.3 Å². The molecule has 0 spiro atoms. The van der Waals surface area contributed by atoms with E-state index in [1.165, 1.54) is 6.07 Å². The monoisotopic (exact) mass is 502 g/mol. The van der Waals surface area contributed by atoms with Crippen molar-refractivity contribution in [1.82, 2.24) is 9.47 Å². The van der Waals surface area contributed by atoms with Gasteiger partial charge < -0.3 is 34.3 Å². The molecule has 3 aliphatic rings. The van der Waals surface area contributed by atoms with Gasteiger partial charge in [-0.1, -0.05) is 0 Å². The molecule has 10 heteroatoms. The van der Waals surface area contributed by atoms with Gasteiger partial charge in [-0.3, -0.25) is 9.59 Å².